The second kappa shape index (κ2) is 15.6. The largest absolute Gasteiger partial charge is 0.494 e. The number of carbonyl (C=O) groups is 2. The molecular weight excluding hydrogens is 663 g/mol. The van der Waals surface area contributed by atoms with E-state index in [2.05, 4.69) is 25.1 Å². The van der Waals surface area contributed by atoms with E-state index in [0.717, 1.165) is 57.1 Å². The van der Waals surface area contributed by atoms with Gasteiger partial charge in [0, 0.05) is 25.7 Å². The lowest BCUT2D eigenvalue weighted by Gasteiger charge is -2.54. The van der Waals surface area contributed by atoms with E-state index in [-0.39, 0.29) is 47.5 Å². The summed E-state index contributed by atoms with van der Waals surface area (Å²) < 4.78 is 80.2. The third-order valence-electron chi connectivity index (χ3n) is 10.9. The molecule has 0 aliphatic heterocycles. The molecule has 0 unspecified atom stereocenters. The molecule has 270 valence electrons. The average Bonchev–Trinajstić information content (AvgIpc) is 3.35. The van der Waals surface area contributed by atoms with Gasteiger partial charge in [-0.2, -0.15) is 33.7 Å². The molecule has 49 heavy (non-hydrogen) atoms. The maximum absolute atomic E-state index is 13.0. The Morgan fingerprint density at radius 1 is 0.878 bits per heavy atom. The van der Waals surface area contributed by atoms with Crippen molar-refractivity contribution in [3.63, 3.8) is 0 Å². The van der Waals surface area contributed by atoms with Crippen LogP contribution in [0.1, 0.15) is 107 Å². The minimum Gasteiger partial charge on any atom is -0.494 e. The van der Waals surface area contributed by atoms with Gasteiger partial charge in [-0.15, -0.1) is 0 Å². The van der Waals surface area contributed by atoms with Gasteiger partial charge in [0.1, 0.15) is 17.6 Å². The maximum atomic E-state index is 13.0. The number of fused-ring (bicyclic) bond motifs is 5. The molecule has 0 spiro atoms. The van der Waals surface area contributed by atoms with Crippen molar-refractivity contribution < 1.29 is 45.8 Å². The first kappa shape index (κ1) is 37.4. The number of thioether (sulfide) groups is 1. The smallest absolute Gasteiger partial charge is 0.453 e. The first-order chi connectivity index (χ1) is 23.2. The number of unbranched alkanes of at least 4 members (excludes halogenated alkanes) is 2. The molecule has 5 nitrogen and oxygen atoms in total. The van der Waals surface area contributed by atoms with E-state index in [4.69, 9.17) is 14.2 Å². The van der Waals surface area contributed by atoms with Gasteiger partial charge in [0.05, 0.1) is 6.61 Å². The number of alkyl halides is 5. The molecule has 3 aliphatic carbocycles. The Labute approximate surface area is 290 Å². The number of carbonyl (C=O) groups excluding carboxylic acids is 2. The second-order valence-electron chi connectivity index (χ2n) is 14.2. The van der Waals surface area contributed by atoms with Crippen LogP contribution in [-0.2, 0) is 20.7 Å². The third kappa shape index (κ3) is 8.74. The highest BCUT2D eigenvalue weighted by Gasteiger charge is 2.59. The summed E-state index contributed by atoms with van der Waals surface area (Å²) in [5.74, 6) is -1.48. The van der Waals surface area contributed by atoms with Crippen molar-refractivity contribution in [3.8, 4) is 11.5 Å². The number of rotatable bonds is 14. The molecule has 0 amide bonds. The Morgan fingerprint density at radius 2 is 1.59 bits per heavy atom. The minimum absolute atomic E-state index is 0.105. The number of aryl methyl sites for hydroxylation is 1. The molecule has 5 rings (SSSR count). The number of ether oxygens (including phenoxy) is 3. The fourth-order valence-electron chi connectivity index (χ4n) is 8.71. The van der Waals surface area contributed by atoms with Crippen molar-refractivity contribution in [2.24, 2.45) is 17.3 Å². The standard InChI is InChI=1S/C38H47F5O5S/c1-24(44)47-29-13-15-30-27(22-29)10-14-31-33-16-17-34(48-25(2)45)36(33,3)23-32(35(30)31)26-8-11-28(12-9-26)46-19-5-4-6-20-49-21-7-18-37(39,40)38(41,42)43/h8-9,11-13,15,22,31-35H,4-7,10,14,16-21,23H2,1-3H3/t31-,32+,33-,34-,35+,36-/m0/s1. The summed E-state index contributed by atoms with van der Waals surface area (Å²) >= 11 is 1.40. The molecule has 0 N–H and O–H groups in total. The van der Waals surface area contributed by atoms with Gasteiger partial charge in [-0.25, -0.2) is 0 Å². The zero-order valence-corrected chi connectivity index (χ0v) is 29.3. The lowest BCUT2D eigenvalue weighted by atomic mass is 9.51. The van der Waals surface area contributed by atoms with Crippen molar-refractivity contribution in [1.82, 2.24) is 0 Å². The van der Waals surface area contributed by atoms with Crippen LogP contribution in [0.2, 0.25) is 0 Å². The first-order valence-electron chi connectivity index (χ1n) is 17.4. The summed E-state index contributed by atoms with van der Waals surface area (Å²) in [4.78, 5) is 23.7. The van der Waals surface area contributed by atoms with Crippen molar-refractivity contribution in [3.05, 3.63) is 59.2 Å². The highest BCUT2D eigenvalue weighted by atomic mass is 32.2. The molecule has 0 aromatic heterocycles. The Balaban J connectivity index is 1.19. The van der Waals surface area contributed by atoms with Crippen molar-refractivity contribution in [2.75, 3.05) is 18.1 Å². The van der Waals surface area contributed by atoms with Crippen molar-refractivity contribution in [2.45, 2.75) is 115 Å². The Hall–Kier alpha value is -2.82. The van der Waals surface area contributed by atoms with Gasteiger partial charge in [-0.1, -0.05) is 25.1 Å². The number of benzene rings is 2. The van der Waals surface area contributed by atoms with Crippen molar-refractivity contribution in [1.29, 1.82) is 0 Å². The molecule has 0 radical (unpaired) electrons. The molecule has 2 aromatic carbocycles. The SMILES string of the molecule is CC(=O)Oc1ccc2c(c1)CC[C@@H]1[C@@H]2[C@@H](c2ccc(OCCCCCSCCCC(F)(F)C(F)(F)F)cc2)C[C@]2(C)[C@@H](OC(C)=O)CC[C@@H]12. The quantitative estimate of drug-likeness (QED) is 0.0842. The van der Waals surface area contributed by atoms with E-state index in [1.54, 1.807) is 0 Å². The minimum atomic E-state index is -5.48. The molecule has 3 aliphatic rings. The number of halogens is 5. The average molecular weight is 711 g/mol. The van der Waals surface area contributed by atoms with Crippen LogP contribution in [0.5, 0.6) is 11.5 Å². The monoisotopic (exact) mass is 710 g/mol. The van der Waals surface area contributed by atoms with Gasteiger partial charge in [0.2, 0.25) is 0 Å². The molecule has 2 fully saturated rings. The van der Waals surface area contributed by atoms with Crippen LogP contribution in [0.15, 0.2) is 42.5 Å². The maximum Gasteiger partial charge on any atom is 0.453 e. The molecule has 2 saturated carbocycles. The number of esters is 2. The van der Waals surface area contributed by atoms with Crippen LogP contribution < -0.4 is 9.47 Å². The van der Waals surface area contributed by atoms with E-state index >= 15 is 0 Å². The van der Waals surface area contributed by atoms with E-state index in [9.17, 15) is 31.5 Å². The van der Waals surface area contributed by atoms with Gasteiger partial charge in [0.25, 0.3) is 0 Å². The van der Waals surface area contributed by atoms with Crippen molar-refractivity contribution >= 4 is 23.7 Å². The fraction of sp³-hybridized carbons (Fsp3) is 0.632. The van der Waals surface area contributed by atoms with E-state index in [0.29, 0.717) is 29.9 Å². The molecule has 11 heteroatoms. The van der Waals surface area contributed by atoms with Gasteiger partial charge < -0.3 is 14.2 Å². The zero-order chi connectivity index (χ0) is 35.4. The lowest BCUT2D eigenvalue weighted by Crippen LogP contribution is -2.48. The first-order valence-corrected chi connectivity index (χ1v) is 18.6. The summed E-state index contributed by atoms with van der Waals surface area (Å²) in [7, 11) is 0. The molecule has 0 saturated heterocycles. The number of hydrogen-bond donors (Lipinski definition) is 0. The van der Waals surface area contributed by atoms with E-state index in [1.807, 2.05) is 24.3 Å². The Bertz CT molecular complexity index is 1450. The summed E-state index contributed by atoms with van der Waals surface area (Å²) in [6.07, 6.45) is 0.339. The van der Waals surface area contributed by atoms with Crippen LogP contribution in [0.4, 0.5) is 22.0 Å². The topological polar surface area (TPSA) is 61.8 Å². The summed E-state index contributed by atoms with van der Waals surface area (Å²) in [5.41, 5.74) is 3.63. The summed E-state index contributed by atoms with van der Waals surface area (Å²) in [6, 6.07) is 14.4. The molecule has 0 heterocycles. The summed E-state index contributed by atoms with van der Waals surface area (Å²) in [6.45, 7) is 5.74. The van der Waals surface area contributed by atoms with E-state index < -0.39 is 18.5 Å². The van der Waals surface area contributed by atoms with Gasteiger partial charge in [0.15, 0.2) is 0 Å². The molecular formula is C38H47F5O5S. The van der Waals surface area contributed by atoms with Gasteiger partial charge in [-0.3, -0.25) is 9.59 Å². The van der Waals surface area contributed by atoms with Gasteiger partial charge in [-0.05, 0) is 134 Å². The number of hydrogen-bond acceptors (Lipinski definition) is 6. The normalized spacial score (nSPS) is 26.3. The van der Waals surface area contributed by atoms with Crippen LogP contribution in [0.3, 0.4) is 0 Å². The van der Waals surface area contributed by atoms with E-state index in [1.165, 1.54) is 42.3 Å². The second-order valence-corrected chi connectivity index (χ2v) is 15.4. The van der Waals surface area contributed by atoms with Crippen LogP contribution in [-0.4, -0.2) is 48.3 Å². The van der Waals surface area contributed by atoms with Crippen LogP contribution in [0, 0.1) is 17.3 Å². The van der Waals surface area contributed by atoms with Crippen LogP contribution >= 0.6 is 11.8 Å². The Kier molecular flexibility index (Phi) is 11.9. The zero-order valence-electron chi connectivity index (χ0n) is 28.5. The molecule has 6 atom stereocenters. The third-order valence-corrected chi connectivity index (χ3v) is 12.0. The summed E-state index contributed by atoms with van der Waals surface area (Å²) in [5, 5.41) is 0. The predicted molar refractivity (Wildman–Crippen MR) is 179 cm³/mol. The fourth-order valence-corrected chi connectivity index (χ4v) is 9.67. The Morgan fingerprint density at radius 3 is 2.29 bits per heavy atom. The predicted octanol–water partition coefficient (Wildman–Crippen LogP) is 10.1. The lowest BCUT2D eigenvalue weighted by molar-refractivity contribution is -0.284. The van der Waals surface area contributed by atoms with Crippen LogP contribution in [0.25, 0.3) is 0 Å². The molecule has 2 aromatic rings. The van der Waals surface area contributed by atoms with Gasteiger partial charge >= 0.3 is 24.0 Å². The highest BCUT2D eigenvalue weighted by molar-refractivity contribution is 7.99. The molecule has 0 bridgehead atoms. The highest BCUT2D eigenvalue weighted by Crippen LogP contribution is 2.65.